The highest BCUT2D eigenvalue weighted by Gasteiger charge is 2.18. The molecule has 0 fully saturated rings. The summed E-state index contributed by atoms with van der Waals surface area (Å²) < 4.78 is 69.9. The zero-order chi connectivity index (χ0) is 22.9. The Morgan fingerprint density at radius 3 is 1.47 bits per heavy atom. The van der Waals surface area contributed by atoms with E-state index in [4.69, 9.17) is 4.55 Å². The van der Waals surface area contributed by atoms with Gasteiger partial charge in [-0.15, -0.1) is 0 Å². The summed E-state index contributed by atoms with van der Waals surface area (Å²) in [4.78, 5) is 12.3. The molecule has 0 spiro atoms. The van der Waals surface area contributed by atoms with Crippen LogP contribution in [0.15, 0.2) is 93.8 Å². The molecular weight excluding hydrogens is 457 g/mol. The Balaban J connectivity index is 1.63. The number of hydrogen-bond acceptors (Lipinski definition) is 7. The molecule has 0 unspecified atom stereocenters. The van der Waals surface area contributed by atoms with Crippen molar-refractivity contribution in [3.8, 4) is 22.8 Å². The van der Waals surface area contributed by atoms with Crippen LogP contribution in [0.2, 0.25) is 0 Å². The number of hydrogen-bond donors (Lipinski definition) is 1. The lowest BCUT2D eigenvalue weighted by Gasteiger charge is -2.07. The van der Waals surface area contributed by atoms with Gasteiger partial charge in [0.25, 0.3) is 10.1 Å². The zero-order valence-corrected chi connectivity index (χ0v) is 17.8. The van der Waals surface area contributed by atoms with Crippen LogP contribution in [0.1, 0.15) is 0 Å². The fourth-order valence-electron chi connectivity index (χ4n) is 2.88. The topological polar surface area (TPSA) is 127 Å². The van der Waals surface area contributed by atoms with Crippen molar-refractivity contribution in [1.82, 2.24) is 15.0 Å². The van der Waals surface area contributed by atoms with Crippen LogP contribution in [-0.2, 0) is 20.0 Å². The van der Waals surface area contributed by atoms with Gasteiger partial charge < -0.3 is 0 Å². The van der Waals surface area contributed by atoms with Gasteiger partial charge in [-0.3, -0.25) is 4.55 Å². The van der Waals surface area contributed by atoms with Gasteiger partial charge in [0, 0.05) is 11.1 Å². The van der Waals surface area contributed by atoms with E-state index in [2.05, 4.69) is 15.0 Å². The fraction of sp³-hybridized carbons (Fsp3) is 0. The van der Waals surface area contributed by atoms with Crippen molar-refractivity contribution in [3.05, 3.63) is 84.9 Å². The first-order valence-corrected chi connectivity index (χ1v) is 11.9. The van der Waals surface area contributed by atoms with Crippen LogP contribution in [0, 0.1) is 5.82 Å². The Kier molecular flexibility index (Phi) is 5.55. The molecule has 0 saturated carbocycles. The van der Waals surface area contributed by atoms with Crippen LogP contribution < -0.4 is 0 Å². The van der Waals surface area contributed by atoms with E-state index in [9.17, 15) is 21.2 Å². The molecule has 1 heterocycles. The van der Waals surface area contributed by atoms with Gasteiger partial charge in [0.1, 0.15) is 12.1 Å². The van der Waals surface area contributed by atoms with E-state index in [1.54, 1.807) is 0 Å². The third-order valence-electron chi connectivity index (χ3n) is 4.53. The third-order valence-corrected chi connectivity index (χ3v) is 7.18. The molecule has 4 rings (SSSR count). The van der Waals surface area contributed by atoms with Crippen LogP contribution >= 0.6 is 0 Å². The molecule has 0 atom stereocenters. The first-order valence-electron chi connectivity index (χ1n) is 9.03. The molecule has 11 heteroatoms. The Morgan fingerprint density at radius 1 is 0.625 bits per heavy atom. The zero-order valence-electron chi connectivity index (χ0n) is 16.1. The van der Waals surface area contributed by atoms with Gasteiger partial charge >= 0.3 is 0 Å². The maximum absolute atomic E-state index is 13.1. The summed E-state index contributed by atoms with van der Waals surface area (Å²) >= 11 is 0. The summed E-state index contributed by atoms with van der Waals surface area (Å²) in [7, 11) is -8.12. The van der Waals surface area contributed by atoms with E-state index in [-0.39, 0.29) is 26.3 Å². The van der Waals surface area contributed by atoms with Gasteiger partial charge in [0.05, 0.1) is 14.7 Å². The van der Waals surface area contributed by atoms with Gasteiger partial charge in [-0.2, -0.15) is 8.42 Å². The predicted molar refractivity (Wildman–Crippen MR) is 112 cm³/mol. The molecule has 0 amide bonds. The summed E-state index contributed by atoms with van der Waals surface area (Å²) in [5.41, 5.74) is 1.03. The third kappa shape index (κ3) is 4.40. The normalized spacial score (nSPS) is 11.9. The number of aromatic nitrogens is 3. The van der Waals surface area contributed by atoms with E-state index in [0.29, 0.717) is 11.1 Å². The largest absolute Gasteiger partial charge is 0.294 e. The average Bonchev–Trinajstić information content (AvgIpc) is 2.79. The maximum Gasteiger partial charge on any atom is 0.294 e. The summed E-state index contributed by atoms with van der Waals surface area (Å²) in [6.07, 6.45) is 1.28. The van der Waals surface area contributed by atoms with Gasteiger partial charge in [0.2, 0.25) is 9.84 Å². The maximum atomic E-state index is 13.1. The van der Waals surface area contributed by atoms with Crippen LogP contribution in [0.25, 0.3) is 22.8 Å². The number of halogens is 1. The minimum absolute atomic E-state index is 0.0255. The highest BCUT2D eigenvalue weighted by molar-refractivity contribution is 7.91. The molecule has 4 aromatic rings. The first kappa shape index (κ1) is 21.7. The summed E-state index contributed by atoms with van der Waals surface area (Å²) in [5.74, 6) is 0.0112. The molecule has 0 aliphatic carbocycles. The molecule has 0 aliphatic heterocycles. The highest BCUT2D eigenvalue weighted by Crippen LogP contribution is 2.25. The Bertz CT molecular complexity index is 1490. The minimum Gasteiger partial charge on any atom is -0.282 e. The molecular formula is C21H14FN3O5S2. The lowest BCUT2D eigenvalue weighted by molar-refractivity contribution is 0.483. The molecule has 0 radical (unpaired) electrons. The molecule has 0 bridgehead atoms. The molecule has 3 aromatic carbocycles. The first-order chi connectivity index (χ1) is 15.1. The molecule has 1 N–H and O–H groups in total. The number of benzene rings is 3. The van der Waals surface area contributed by atoms with Crippen LogP contribution in [0.4, 0.5) is 4.39 Å². The Hall–Kier alpha value is -3.54. The van der Waals surface area contributed by atoms with Crippen LogP contribution in [0.5, 0.6) is 0 Å². The fourth-order valence-corrected chi connectivity index (χ4v) is 4.62. The number of sulfone groups is 1. The second-order valence-corrected chi connectivity index (χ2v) is 9.99. The van der Waals surface area contributed by atoms with Gasteiger partial charge in [-0.1, -0.05) is 0 Å². The van der Waals surface area contributed by atoms with Crippen LogP contribution in [-0.4, -0.2) is 36.3 Å². The summed E-state index contributed by atoms with van der Waals surface area (Å²) in [6, 6.07) is 15.8. The predicted octanol–water partition coefficient (Wildman–Crippen LogP) is 3.42. The van der Waals surface area contributed by atoms with Crippen LogP contribution in [0.3, 0.4) is 0 Å². The molecule has 1 aromatic heterocycles. The van der Waals surface area contributed by atoms with Crippen molar-refractivity contribution in [2.75, 3.05) is 0 Å². The molecule has 0 aliphatic rings. The van der Waals surface area contributed by atoms with E-state index in [0.717, 1.165) is 12.1 Å². The van der Waals surface area contributed by atoms with E-state index < -0.39 is 25.8 Å². The van der Waals surface area contributed by atoms with Gasteiger partial charge in [-0.05, 0) is 72.8 Å². The van der Waals surface area contributed by atoms with E-state index in [1.165, 1.54) is 67.0 Å². The average molecular weight is 471 g/mol. The van der Waals surface area contributed by atoms with Crippen molar-refractivity contribution in [2.24, 2.45) is 0 Å². The molecule has 32 heavy (non-hydrogen) atoms. The molecule has 8 nitrogen and oxygen atoms in total. The SMILES string of the molecule is O=S(=O)(O)c1ccc(-c2ncnc(-c3ccc(S(=O)(=O)c4ccc(F)cc4)cc3)n2)cc1. The quantitative estimate of drug-likeness (QED) is 0.346. The summed E-state index contributed by atoms with van der Waals surface area (Å²) in [6.45, 7) is 0. The number of nitrogens with zero attached hydrogens (tertiary/aromatic N) is 3. The van der Waals surface area contributed by atoms with Crippen molar-refractivity contribution < 1.29 is 25.8 Å². The Morgan fingerprint density at radius 2 is 1.03 bits per heavy atom. The standard InChI is InChI=1S/C21H14FN3O5S2/c22-16-5-11-18(12-6-16)31(26,27)17-7-1-14(2-8-17)20-23-13-24-21(25-20)15-3-9-19(10-4-15)32(28,29)30/h1-13H,(H,28,29,30). The van der Waals surface area contributed by atoms with Crippen molar-refractivity contribution in [2.45, 2.75) is 14.7 Å². The van der Waals surface area contributed by atoms with Crippen molar-refractivity contribution in [1.29, 1.82) is 0 Å². The van der Waals surface area contributed by atoms with Crippen molar-refractivity contribution >= 4 is 20.0 Å². The number of rotatable bonds is 5. The smallest absolute Gasteiger partial charge is 0.282 e. The highest BCUT2D eigenvalue weighted by atomic mass is 32.2. The monoisotopic (exact) mass is 471 g/mol. The van der Waals surface area contributed by atoms with Crippen molar-refractivity contribution in [3.63, 3.8) is 0 Å². The minimum atomic E-state index is -4.31. The van der Waals surface area contributed by atoms with Gasteiger partial charge in [0.15, 0.2) is 11.6 Å². The molecule has 0 saturated heterocycles. The second kappa shape index (κ2) is 8.19. The van der Waals surface area contributed by atoms with E-state index in [1.807, 2.05) is 0 Å². The lowest BCUT2D eigenvalue weighted by atomic mass is 10.2. The van der Waals surface area contributed by atoms with Gasteiger partial charge in [-0.25, -0.2) is 27.8 Å². The summed E-state index contributed by atoms with van der Waals surface area (Å²) in [5, 5.41) is 0. The lowest BCUT2D eigenvalue weighted by Crippen LogP contribution is -2.02. The molecule has 162 valence electrons. The Labute approximate surface area is 183 Å². The van der Waals surface area contributed by atoms with E-state index >= 15 is 0 Å². The second-order valence-electron chi connectivity index (χ2n) is 6.61.